The van der Waals surface area contributed by atoms with Gasteiger partial charge in [-0.15, -0.1) is 11.3 Å². The number of thiophene rings is 1. The Bertz CT molecular complexity index is 790. The minimum atomic E-state index is 0.338. The zero-order valence-corrected chi connectivity index (χ0v) is 12.8. The number of hydrazine groups is 1. The van der Waals surface area contributed by atoms with Gasteiger partial charge < -0.3 is 4.74 Å². The summed E-state index contributed by atoms with van der Waals surface area (Å²) in [5, 5.41) is 1.57. The van der Waals surface area contributed by atoms with Crippen molar-refractivity contribution in [1.82, 2.24) is 9.97 Å². The summed E-state index contributed by atoms with van der Waals surface area (Å²) in [6.45, 7) is 2.40. The number of hydrogen-bond donors (Lipinski definition) is 2. The number of aromatic nitrogens is 2. The molecule has 108 valence electrons. The van der Waals surface area contributed by atoms with Crippen LogP contribution in [-0.2, 0) is 6.61 Å². The lowest BCUT2D eigenvalue weighted by atomic mass is 10.2. The van der Waals surface area contributed by atoms with E-state index < -0.39 is 0 Å². The van der Waals surface area contributed by atoms with E-state index in [4.69, 9.17) is 22.2 Å². The molecule has 0 aliphatic carbocycles. The zero-order chi connectivity index (χ0) is 14.8. The van der Waals surface area contributed by atoms with E-state index in [2.05, 4.69) is 15.4 Å². The number of anilines is 1. The molecule has 0 radical (unpaired) electrons. The number of nitrogen functional groups attached to an aromatic ring is 1. The molecule has 1 aromatic carbocycles. The first kappa shape index (κ1) is 14.1. The number of aryl methyl sites for hydroxylation is 1. The van der Waals surface area contributed by atoms with Crippen LogP contribution < -0.4 is 16.0 Å². The Balaban J connectivity index is 1.92. The molecule has 0 amide bonds. The molecule has 0 bridgehead atoms. The number of nitrogens with zero attached hydrogens (tertiary/aromatic N) is 2. The van der Waals surface area contributed by atoms with Crippen LogP contribution in [0.3, 0.4) is 0 Å². The van der Waals surface area contributed by atoms with E-state index in [1.54, 1.807) is 11.3 Å². The maximum absolute atomic E-state index is 5.97. The van der Waals surface area contributed by atoms with Crippen LogP contribution in [0.2, 0.25) is 5.02 Å². The van der Waals surface area contributed by atoms with Gasteiger partial charge in [-0.3, -0.25) is 5.43 Å². The summed E-state index contributed by atoms with van der Waals surface area (Å²) in [5.74, 6) is 6.25. The smallest absolute Gasteiger partial charge is 0.241 e. The van der Waals surface area contributed by atoms with Crippen molar-refractivity contribution < 1.29 is 4.74 Å². The number of nitrogens with two attached hydrogens (primary N) is 1. The summed E-state index contributed by atoms with van der Waals surface area (Å²) in [7, 11) is 0. The Morgan fingerprint density at radius 2 is 2.19 bits per heavy atom. The number of benzene rings is 1. The van der Waals surface area contributed by atoms with Crippen LogP contribution >= 0.6 is 22.9 Å². The van der Waals surface area contributed by atoms with E-state index in [9.17, 15) is 0 Å². The molecule has 2 aromatic heterocycles. The highest BCUT2D eigenvalue weighted by Gasteiger charge is 2.11. The molecule has 0 saturated carbocycles. The molecule has 0 saturated heterocycles. The van der Waals surface area contributed by atoms with Crippen molar-refractivity contribution in [1.29, 1.82) is 0 Å². The van der Waals surface area contributed by atoms with Gasteiger partial charge in [0.15, 0.2) is 0 Å². The minimum absolute atomic E-state index is 0.338. The van der Waals surface area contributed by atoms with Crippen molar-refractivity contribution in [3.8, 4) is 5.88 Å². The summed E-state index contributed by atoms with van der Waals surface area (Å²) in [6.07, 6.45) is 0. The average Bonchev–Trinajstić information content (AvgIpc) is 2.85. The van der Waals surface area contributed by atoms with Gasteiger partial charge in [-0.1, -0.05) is 23.7 Å². The Labute approximate surface area is 130 Å². The van der Waals surface area contributed by atoms with Crippen LogP contribution in [0.5, 0.6) is 5.88 Å². The second-order valence-corrected chi connectivity index (χ2v) is 6.16. The average molecular weight is 321 g/mol. The van der Waals surface area contributed by atoms with Crippen LogP contribution in [0.4, 0.5) is 5.95 Å². The number of halogens is 1. The first-order valence-electron chi connectivity index (χ1n) is 6.28. The Hall–Kier alpha value is -1.89. The molecule has 0 spiro atoms. The predicted octanol–water partition coefficient (Wildman–Crippen LogP) is 3.52. The molecule has 3 rings (SSSR count). The van der Waals surface area contributed by atoms with Crippen molar-refractivity contribution in [2.75, 3.05) is 5.43 Å². The van der Waals surface area contributed by atoms with Crippen molar-refractivity contribution in [2.24, 2.45) is 5.84 Å². The third kappa shape index (κ3) is 3.07. The Morgan fingerprint density at radius 1 is 1.33 bits per heavy atom. The van der Waals surface area contributed by atoms with Gasteiger partial charge in [-0.2, -0.15) is 4.98 Å². The number of fused-ring (bicyclic) bond motifs is 1. The van der Waals surface area contributed by atoms with E-state index in [1.165, 1.54) is 0 Å². The quantitative estimate of drug-likeness (QED) is 0.568. The first-order chi connectivity index (χ1) is 10.2. The van der Waals surface area contributed by atoms with E-state index in [-0.39, 0.29) is 0 Å². The molecule has 21 heavy (non-hydrogen) atoms. The lowest BCUT2D eigenvalue weighted by Crippen LogP contribution is -2.11. The molecular formula is C14H13ClN4OS. The fourth-order valence-electron chi connectivity index (χ4n) is 1.97. The summed E-state index contributed by atoms with van der Waals surface area (Å²) < 4.78 is 5.82. The molecule has 0 unspecified atom stereocenters. The van der Waals surface area contributed by atoms with E-state index in [0.29, 0.717) is 23.5 Å². The maximum atomic E-state index is 5.97. The molecule has 7 heteroatoms. The van der Waals surface area contributed by atoms with Gasteiger partial charge in [-0.05, 0) is 30.7 Å². The maximum Gasteiger partial charge on any atom is 0.241 e. The standard InChI is InChI=1S/C14H13ClN4OS/c1-8-5-11-12(17-14(19-16)18-13(11)21-8)20-7-9-3-2-4-10(15)6-9/h2-6H,7,16H2,1H3,(H,17,18,19). The van der Waals surface area contributed by atoms with Gasteiger partial charge in [0, 0.05) is 9.90 Å². The van der Waals surface area contributed by atoms with Crippen LogP contribution in [0.1, 0.15) is 10.4 Å². The third-order valence-corrected chi connectivity index (χ3v) is 4.05. The van der Waals surface area contributed by atoms with E-state index in [0.717, 1.165) is 20.7 Å². The Kier molecular flexibility index (Phi) is 3.92. The van der Waals surface area contributed by atoms with Crippen LogP contribution in [0.25, 0.3) is 10.2 Å². The highest BCUT2D eigenvalue weighted by Crippen LogP contribution is 2.31. The molecule has 0 aliphatic rings. The van der Waals surface area contributed by atoms with Gasteiger partial charge in [0.1, 0.15) is 11.4 Å². The fourth-order valence-corrected chi connectivity index (χ4v) is 3.05. The molecular weight excluding hydrogens is 308 g/mol. The lowest BCUT2D eigenvalue weighted by Gasteiger charge is -2.08. The van der Waals surface area contributed by atoms with Crippen LogP contribution in [0, 0.1) is 6.92 Å². The highest BCUT2D eigenvalue weighted by molar-refractivity contribution is 7.18. The highest BCUT2D eigenvalue weighted by atomic mass is 35.5. The van der Waals surface area contributed by atoms with Crippen molar-refractivity contribution in [2.45, 2.75) is 13.5 Å². The SMILES string of the molecule is Cc1cc2c(OCc3cccc(Cl)c3)nc(NN)nc2s1. The summed E-state index contributed by atoms with van der Waals surface area (Å²) in [5.41, 5.74) is 3.43. The molecule has 0 aliphatic heterocycles. The normalized spacial score (nSPS) is 10.8. The number of hydrogen-bond acceptors (Lipinski definition) is 6. The summed E-state index contributed by atoms with van der Waals surface area (Å²) in [6, 6.07) is 9.53. The molecule has 5 nitrogen and oxygen atoms in total. The van der Waals surface area contributed by atoms with Crippen molar-refractivity contribution >= 4 is 39.1 Å². The van der Waals surface area contributed by atoms with Crippen LogP contribution in [0.15, 0.2) is 30.3 Å². The number of nitrogens with one attached hydrogen (secondary N) is 1. The molecule has 0 atom stereocenters. The summed E-state index contributed by atoms with van der Waals surface area (Å²) >= 11 is 7.54. The fraction of sp³-hybridized carbons (Fsp3) is 0.143. The number of rotatable bonds is 4. The molecule has 3 aromatic rings. The lowest BCUT2D eigenvalue weighted by molar-refractivity contribution is 0.298. The second kappa shape index (κ2) is 5.85. The van der Waals surface area contributed by atoms with Gasteiger partial charge in [0.25, 0.3) is 0 Å². The van der Waals surface area contributed by atoms with Gasteiger partial charge >= 0.3 is 0 Å². The van der Waals surface area contributed by atoms with Gasteiger partial charge in [-0.25, -0.2) is 10.8 Å². The van der Waals surface area contributed by atoms with Crippen molar-refractivity contribution in [3.63, 3.8) is 0 Å². The largest absolute Gasteiger partial charge is 0.472 e. The third-order valence-electron chi connectivity index (χ3n) is 2.87. The van der Waals surface area contributed by atoms with Crippen molar-refractivity contribution in [3.05, 3.63) is 45.8 Å². The zero-order valence-electron chi connectivity index (χ0n) is 11.3. The molecule has 2 heterocycles. The van der Waals surface area contributed by atoms with E-state index in [1.807, 2.05) is 37.3 Å². The van der Waals surface area contributed by atoms with E-state index >= 15 is 0 Å². The second-order valence-electron chi connectivity index (χ2n) is 4.49. The van der Waals surface area contributed by atoms with Crippen LogP contribution in [-0.4, -0.2) is 9.97 Å². The molecule has 3 N–H and O–H groups in total. The number of ether oxygens (including phenoxy) is 1. The predicted molar refractivity (Wildman–Crippen MR) is 85.7 cm³/mol. The molecule has 0 fully saturated rings. The van der Waals surface area contributed by atoms with Gasteiger partial charge in [0.05, 0.1) is 5.39 Å². The monoisotopic (exact) mass is 320 g/mol. The topological polar surface area (TPSA) is 73.1 Å². The van der Waals surface area contributed by atoms with Gasteiger partial charge in [0.2, 0.25) is 11.8 Å². The minimum Gasteiger partial charge on any atom is -0.472 e. The Morgan fingerprint density at radius 3 is 2.95 bits per heavy atom. The summed E-state index contributed by atoms with van der Waals surface area (Å²) in [4.78, 5) is 10.6. The first-order valence-corrected chi connectivity index (χ1v) is 7.47.